The van der Waals surface area contributed by atoms with E-state index < -0.39 is 0 Å². The first-order valence-corrected chi connectivity index (χ1v) is 6.43. The van der Waals surface area contributed by atoms with E-state index in [9.17, 15) is 4.79 Å². The monoisotopic (exact) mass is 269 g/mol. The van der Waals surface area contributed by atoms with Crippen molar-refractivity contribution in [1.82, 2.24) is 9.97 Å². The molecule has 0 fully saturated rings. The molecule has 0 unspecified atom stereocenters. The van der Waals surface area contributed by atoms with Gasteiger partial charge in [0.05, 0.1) is 11.3 Å². The lowest BCUT2D eigenvalue weighted by Crippen LogP contribution is -2.20. The second-order valence-corrected chi connectivity index (χ2v) is 4.64. The molecule has 1 amide bonds. The average molecular weight is 269 g/mol. The van der Waals surface area contributed by atoms with Gasteiger partial charge in [-0.1, -0.05) is 0 Å². The van der Waals surface area contributed by atoms with Gasteiger partial charge in [0.15, 0.2) is 5.82 Å². The molecule has 0 atom stereocenters. The molecule has 102 valence electrons. The van der Waals surface area contributed by atoms with Crippen LogP contribution in [-0.4, -0.2) is 22.4 Å². The number of anilines is 4. The molecule has 0 aromatic carbocycles. The molecule has 0 aliphatic carbocycles. The number of aromatic nitrogens is 2. The standard InChI is InChI=1S/C14H15N5O/c1-3-19-12-9(5-4-6-16-12)14(20)18-11-8(2)7-10(15)17-13(11)19/h4-7H,3H2,1-2H3,(H2,15,17)(H,18,20). The van der Waals surface area contributed by atoms with E-state index in [1.165, 1.54) is 0 Å². The summed E-state index contributed by atoms with van der Waals surface area (Å²) < 4.78 is 0. The number of aryl methyl sites for hydroxylation is 1. The van der Waals surface area contributed by atoms with Gasteiger partial charge in [-0.2, -0.15) is 0 Å². The molecule has 6 nitrogen and oxygen atoms in total. The number of nitrogens with zero attached hydrogens (tertiary/aromatic N) is 3. The van der Waals surface area contributed by atoms with Crippen molar-refractivity contribution in [3.8, 4) is 0 Å². The highest BCUT2D eigenvalue weighted by atomic mass is 16.1. The maximum atomic E-state index is 12.3. The lowest BCUT2D eigenvalue weighted by atomic mass is 10.2. The molecule has 0 radical (unpaired) electrons. The fraction of sp³-hybridized carbons (Fsp3) is 0.214. The highest BCUT2D eigenvalue weighted by molar-refractivity contribution is 6.11. The SMILES string of the molecule is CCN1c2ncccc2C(=O)Nc2c(C)cc(N)nc21. The quantitative estimate of drug-likeness (QED) is 0.828. The molecule has 2 aromatic rings. The average Bonchev–Trinajstić information content (AvgIpc) is 2.54. The van der Waals surface area contributed by atoms with Crippen molar-refractivity contribution in [2.75, 3.05) is 22.5 Å². The van der Waals surface area contributed by atoms with Gasteiger partial charge in [0.2, 0.25) is 0 Å². The lowest BCUT2D eigenvalue weighted by Gasteiger charge is -2.22. The first-order valence-electron chi connectivity index (χ1n) is 6.43. The maximum absolute atomic E-state index is 12.3. The van der Waals surface area contributed by atoms with Gasteiger partial charge in [-0.25, -0.2) is 9.97 Å². The number of nitrogen functional groups attached to an aromatic ring is 1. The van der Waals surface area contributed by atoms with Crippen LogP contribution in [0.4, 0.5) is 23.1 Å². The number of rotatable bonds is 1. The first-order chi connectivity index (χ1) is 9.61. The summed E-state index contributed by atoms with van der Waals surface area (Å²) in [5.41, 5.74) is 7.93. The van der Waals surface area contributed by atoms with Crippen LogP contribution in [0.2, 0.25) is 0 Å². The zero-order valence-electron chi connectivity index (χ0n) is 11.3. The highest BCUT2D eigenvalue weighted by Gasteiger charge is 2.27. The number of pyridine rings is 2. The number of nitrogens with one attached hydrogen (secondary N) is 1. The molecule has 1 aliphatic rings. The summed E-state index contributed by atoms with van der Waals surface area (Å²) >= 11 is 0. The number of nitrogens with two attached hydrogens (primary N) is 1. The van der Waals surface area contributed by atoms with Crippen LogP contribution >= 0.6 is 0 Å². The number of carbonyl (C=O) groups excluding carboxylic acids is 1. The van der Waals surface area contributed by atoms with Gasteiger partial charge in [0.1, 0.15) is 11.6 Å². The summed E-state index contributed by atoms with van der Waals surface area (Å²) in [5, 5.41) is 2.90. The van der Waals surface area contributed by atoms with Crippen molar-refractivity contribution in [2.45, 2.75) is 13.8 Å². The van der Waals surface area contributed by atoms with E-state index in [1.54, 1.807) is 24.4 Å². The predicted molar refractivity (Wildman–Crippen MR) is 78.3 cm³/mol. The van der Waals surface area contributed by atoms with Crippen LogP contribution in [-0.2, 0) is 0 Å². The fourth-order valence-corrected chi connectivity index (χ4v) is 2.40. The molecule has 3 heterocycles. The Morgan fingerprint density at radius 3 is 2.95 bits per heavy atom. The molecule has 0 saturated heterocycles. The molecule has 6 heteroatoms. The summed E-state index contributed by atoms with van der Waals surface area (Å²) in [5.74, 6) is 1.48. The fourth-order valence-electron chi connectivity index (χ4n) is 2.40. The topological polar surface area (TPSA) is 84.1 Å². The van der Waals surface area contributed by atoms with E-state index in [2.05, 4.69) is 15.3 Å². The van der Waals surface area contributed by atoms with Gasteiger partial charge in [-0.15, -0.1) is 0 Å². The minimum absolute atomic E-state index is 0.181. The van der Waals surface area contributed by atoms with Crippen molar-refractivity contribution in [3.05, 3.63) is 35.5 Å². The Morgan fingerprint density at radius 1 is 1.40 bits per heavy atom. The number of fused-ring (bicyclic) bond motifs is 2. The van der Waals surface area contributed by atoms with Crippen molar-refractivity contribution in [1.29, 1.82) is 0 Å². The molecule has 2 aromatic heterocycles. The van der Waals surface area contributed by atoms with Gasteiger partial charge in [0.25, 0.3) is 5.91 Å². The molecule has 0 bridgehead atoms. The van der Waals surface area contributed by atoms with Crippen LogP contribution in [0.1, 0.15) is 22.8 Å². The Labute approximate surface area is 116 Å². The summed E-state index contributed by atoms with van der Waals surface area (Å²) in [6.45, 7) is 4.52. The normalized spacial score (nSPS) is 13.3. The zero-order chi connectivity index (χ0) is 14.3. The van der Waals surface area contributed by atoms with E-state index in [-0.39, 0.29) is 5.91 Å². The Kier molecular flexibility index (Phi) is 2.78. The van der Waals surface area contributed by atoms with E-state index in [0.29, 0.717) is 35.2 Å². The second kappa shape index (κ2) is 4.48. The van der Waals surface area contributed by atoms with Crippen LogP contribution in [0.15, 0.2) is 24.4 Å². The summed E-state index contributed by atoms with van der Waals surface area (Å²) in [7, 11) is 0. The van der Waals surface area contributed by atoms with Crippen LogP contribution in [0.5, 0.6) is 0 Å². The van der Waals surface area contributed by atoms with E-state index >= 15 is 0 Å². The summed E-state index contributed by atoms with van der Waals surface area (Å²) in [6.07, 6.45) is 1.67. The molecule has 20 heavy (non-hydrogen) atoms. The molecule has 3 N–H and O–H groups in total. The number of hydrogen-bond acceptors (Lipinski definition) is 5. The third kappa shape index (κ3) is 1.77. The summed E-state index contributed by atoms with van der Waals surface area (Å²) in [4.78, 5) is 22.9. The number of amides is 1. The molecular weight excluding hydrogens is 254 g/mol. The van der Waals surface area contributed by atoms with Crippen molar-refractivity contribution in [3.63, 3.8) is 0 Å². The van der Waals surface area contributed by atoms with Crippen molar-refractivity contribution >= 4 is 29.0 Å². The molecule has 1 aliphatic heterocycles. The van der Waals surface area contributed by atoms with Crippen LogP contribution in [0, 0.1) is 6.92 Å². The molecular formula is C14H15N5O. The first kappa shape index (κ1) is 12.4. The third-order valence-electron chi connectivity index (χ3n) is 3.31. The second-order valence-electron chi connectivity index (χ2n) is 4.64. The molecule has 0 spiro atoms. The largest absolute Gasteiger partial charge is 0.384 e. The highest BCUT2D eigenvalue weighted by Crippen LogP contribution is 2.37. The Balaban J connectivity index is 2.31. The van der Waals surface area contributed by atoms with Crippen LogP contribution in [0.25, 0.3) is 0 Å². The van der Waals surface area contributed by atoms with Gasteiger partial charge >= 0.3 is 0 Å². The van der Waals surface area contributed by atoms with Gasteiger partial charge in [-0.05, 0) is 37.6 Å². The van der Waals surface area contributed by atoms with E-state index in [1.807, 2.05) is 18.7 Å². The maximum Gasteiger partial charge on any atom is 0.259 e. The lowest BCUT2D eigenvalue weighted by molar-refractivity contribution is 0.102. The predicted octanol–water partition coefficient (Wildman–Crippen LogP) is 2.09. The molecule has 0 saturated carbocycles. The smallest absolute Gasteiger partial charge is 0.259 e. The Bertz CT molecular complexity index is 698. The van der Waals surface area contributed by atoms with Crippen LogP contribution < -0.4 is 16.0 Å². The van der Waals surface area contributed by atoms with Gasteiger partial charge in [0, 0.05) is 12.7 Å². The Hall–Kier alpha value is -2.63. The van der Waals surface area contributed by atoms with Gasteiger partial charge < -0.3 is 16.0 Å². The van der Waals surface area contributed by atoms with Gasteiger partial charge in [-0.3, -0.25) is 4.79 Å². The van der Waals surface area contributed by atoms with E-state index in [4.69, 9.17) is 5.73 Å². The minimum atomic E-state index is -0.181. The Morgan fingerprint density at radius 2 is 2.20 bits per heavy atom. The third-order valence-corrected chi connectivity index (χ3v) is 3.31. The minimum Gasteiger partial charge on any atom is -0.384 e. The summed E-state index contributed by atoms with van der Waals surface area (Å²) in [6, 6.07) is 5.25. The number of carbonyl (C=O) groups is 1. The van der Waals surface area contributed by atoms with Crippen molar-refractivity contribution < 1.29 is 4.79 Å². The number of hydrogen-bond donors (Lipinski definition) is 2. The van der Waals surface area contributed by atoms with E-state index in [0.717, 1.165) is 5.56 Å². The molecule has 3 rings (SSSR count). The zero-order valence-corrected chi connectivity index (χ0v) is 11.3. The van der Waals surface area contributed by atoms with Crippen molar-refractivity contribution in [2.24, 2.45) is 0 Å². The van der Waals surface area contributed by atoms with Crippen LogP contribution in [0.3, 0.4) is 0 Å².